The molecule has 0 radical (unpaired) electrons. The van der Waals surface area contributed by atoms with Crippen molar-refractivity contribution < 1.29 is 14.4 Å². The maximum Gasteiger partial charge on any atom is 0.325 e. The summed E-state index contributed by atoms with van der Waals surface area (Å²) < 4.78 is 0. The number of piperidine rings is 1. The predicted octanol–water partition coefficient (Wildman–Crippen LogP) is 3.39. The number of anilines is 1. The zero-order valence-electron chi connectivity index (χ0n) is 19.4. The van der Waals surface area contributed by atoms with Crippen LogP contribution in [0.25, 0.3) is 0 Å². The molecule has 2 saturated heterocycles. The number of nitrogens with one attached hydrogen (secondary N) is 1. The van der Waals surface area contributed by atoms with E-state index in [9.17, 15) is 14.4 Å². The maximum absolute atomic E-state index is 13.5. The number of hydrogen-bond acceptors (Lipinski definition) is 4. The van der Waals surface area contributed by atoms with E-state index in [0.29, 0.717) is 18.8 Å². The molecule has 1 aromatic rings. The Bertz CT molecular complexity index is 827. The lowest BCUT2D eigenvalue weighted by Gasteiger charge is -2.39. The van der Waals surface area contributed by atoms with Crippen molar-refractivity contribution >= 4 is 23.5 Å². The van der Waals surface area contributed by atoms with Gasteiger partial charge in [0.05, 0.1) is 0 Å². The molecule has 1 aromatic carbocycles. The van der Waals surface area contributed by atoms with Crippen LogP contribution in [0.1, 0.15) is 58.8 Å². The molecule has 3 fully saturated rings. The highest BCUT2D eigenvalue weighted by Crippen LogP contribution is 2.37. The molecule has 1 N–H and O–H groups in total. The number of rotatable bonds is 6. The largest absolute Gasteiger partial charge is 0.325 e. The van der Waals surface area contributed by atoms with Crippen LogP contribution in [0.4, 0.5) is 10.5 Å². The molecule has 174 valence electrons. The molecule has 2 heterocycles. The lowest BCUT2D eigenvalue weighted by Crippen LogP contribution is -2.52. The molecule has 2 aliphatic heterocycles. The summed E-state index contributed by atoms with van der Waals surface area (Å²) >= 11 is 0. The van der Waals surface area contributed by atoms with E-state index in [-0.39, 0.29) is 24.4 Å². The minimum atomic E-state index is -0.812. The molecule has 3 aliphatic rings. The zero-order chi connectivity index (χ0) is 22.7. The van der Waals surface area contributed by atoms with Crippen LogP contribution in [0, 0.1) is 5.92 Å². The molecule has 0 atom stereocenters. The first-order valence-corrected chi connectivity index (χ1v) is 12.2. The number of amides is 4. The monoisotopic (exact) mass is 440 g/mol. The van der Waals surface area contributed by atoms with Crippen molar-refractivity contribution in [1.29, 1.82) is 0 Å². The predicted molar refractivity (Wildman–Crippen MR) is 124 cm³/mol. The van der Waals surface area contributed by atoms with E-state index in [0.717, 1.165) is 62.3 Å². The second-order valence-electron chi connectivity index (χ2n) is 9.52. The number of hydrogen-bond donors (Lipinski definition) is 1. The third-order valence-corrected chi connectivity index (χ3v) is 7.75. The first-order chi connectivity index (χ1) is 15.5. The maximum atomic E-state index is 13.5. The SMILES string of the molecule is CCC1CCC2(CC1)NC(=O)N(CC(=O)N(c1ccccc1)C1CCN(CC)CC1)C2=O. The molecular weight excluding hydrogens is 404 g/mol. The number of urea groups is 1. The molecule has 0 aromatic heterocycles. The second kappa shape index (κ2) is 9.61. The number of imide groups is 1. The van der Waals surface area contributed by atoms with Crippen LogP contribution in [-0.4, -0.2) is 65.4 Å². The van der Waals surface area contributed by atoms with Gasteiger partial charge in [0.25, 0.3) is 5.91 Å². The van der Waals surface area contributed by atoms with Crippen LogP contribution in [0.3, 0.4) is 0 Å². The van der Waals surface area contributed by atoms with Gasteiger partial charge in [-0.2, -0.15) is 0 Å². The van der Waals surface area contributed by atoms with Gasteiger partial charge in [-0.3, -0.25) is 14.5 Å². The number of para-hydroxylation sites is 1. The fourth-order valence-corrected chi connectivity index (χ4v) is 5.59. The Kier molecular flexibility index (Phi) is 6.84. The molecule has 7 nitrogen and oxygen atoms in total. The minimum absolute atomic E-state index is 0.0717. The number of benzene rings is 1. The van der Waals surface area contributed by atoms with Gasteiger partial charge in [-0.25, -0.2) is 4.79 Å². The van der Waals surface area contributed by atoms with Crippen LogP contribution in [0.15, 0.2) is 30.3 Å². The lowest BCUT2D eigenvalue weighted by atomic mass is 9.75. The number of nitrogens with zero attached hydrogens (tertiary/aromatic N) is 3. The summed E-state index contributed by atoms with van der Waals surface area (Å²) in [5.74, 6) is 0.205. The molecular formula is C25H36N4O3. The highest BCUT2D eigenvalue weighted by molar-refractivity contribution is 6.10. The van der Waals surface area contributed by atoms with Crippen LogP contribution >= 0.6 is 0 Å². The van der Waals surface area contributed by atoms with Gasteiger partial charge in [0, 0.05) is 24.8 Å². The number of carbonyl (C=O) groups excluding carboxylic acids is 3. The Morgan fingerprint density at radius 2 is 1.72 bits per heavy atom. The Morgan fingerprint density at radius 3 is 2.31 bits per heavy atom. The zero-order valence-corrected chi connectivity index (χ0v) is 19.4. The average molecular weight is 441 g/mol. The molecule has 4 rings (SSSR count). The number of likely N-dealkylation sites (tertiary alicyclic amines) is 1. The normalized spacial score (nSPS) is 27.1. The van der Waals surface area contributed by atoms with Crippen molar-refractivity contribution in [1.82, 2.24) is 15.1 Å². The molecule has 32 heavy (non-hydrogen) atoms. The molecule has 1 aliphatic carbocycles. The summed E-state index contributed by atoms with van der Waals surface area (Å²) in [5.41, 5.74) is 0.0188. The van der Waals surface area contributed by atoms with Gasteiger partial charge in [0.15, 0.2) is 0 Å². The Balaban J connectivity index is 1.50. The van der Waals surface area contributed by atoms with Crippen molar-refractivity contribution in [2.45, 2.75) is 70.4 Å². The van der Waals surface area contributed by atoms with Crippen molar-refractivity contribution in [2.24, 2.45) is 5.92 Å². The van der Waals surface area contributed by atoms with Gasteiger partial charge >= 0.3 is 6.03 Å². The van der Waals surface area contributed by atoms with E-state index in [1.807, 2.05) is 35.2 Å². The first-order valence-electron chi connectivity index (χ1n) is 12.2. The van der Waals surface area contributed by atoms with E-state index < -0.39 is 11.6 Å². The molecule has 7 heteroatoms. The molecule has 0 bridgehead atoms. The van der Waals surface area contributed by atoms with Gasteiger partial charge < -0.3 is 15.1 Å². The summed E-state index contributed by atoms with van der Waals surface area (Å²) in [6.07, 6.45) is 6.08. The van der Waals surface area contributed by atoms with Gasteiger partial charge in [0.2, 0.25) is 5.91 Å². The van der Waals surface area contributed by atoms with Crippen molar-refractivity contribution in [2.75, 3.05) is 31.1 Å². The van der Waals surface area contributed by atoms with Gasteiger partial charge in [0.1, 0.15) is 12.1 Å². The highest BCUT2D eigenvalue weighted by atomic mass is 16.2. The molecule has 4 amide bonds. The van der Waals surface area contributed by atoms with Gasteiger partial charge in [-0.15, -0.1) is 0 Å². The van der Waals surface area contributed by atoms with Gasteiger partial charge in [-0.05, 0) is 63.1 Å². The van der Waals surface area contributed by atoms with Crippen molar-refractivity contribution in [3.63, 3.8) is 0 Å². The Hall–Kier alpha value is -2.41. The van der Waals surface area contributed by atoms with Gasteiger partial charge in [-0.1, -0.05) is 38.5 Å². The summed E-state index contributed by atoms with van der Waals surface area (Å²) in [7, 11) is 0. The van der Waals surface area contributed by atoms with E-state index >= 15 is 0 Å². The summed E-state index contributed by atoms with van der Waals surface area (Å²) in [6.45, 7) is 7.03. The summed E-state index contributed by atoms with van der Waals surface area (Å²) in [5, 5.41) is 2.95. The molecule has 1 saturated carbocycles. The van der Waals surface area contributed by atoms with E-state index in [1.54, 1.807) is 0 Å². The standard InChI is InChI=1S/C25H36N4O3/c1-3-19-10-14-25(15-11-19)23(31)28(24(32)26-25)18-22(30)29(20-8-6-5-7-9-20)21-12-16-27(4-2)17-13-21/h5-9,19,21H,3-4,10-18H2,1-2H3,(H,26,32). The third kappa shape index (κ3) is 4.40. The smallest absolute Gasteiger partial charge is 0.323 e. The lowest BCUT2D eigenvalue weighted by molar-refractivity contribution is -0.135. The van der Waals surface area contributed by atoms with Crippen LogP contribution in [0.5, 0.6) is 0 Å². The fraction of sp³-hybridized carbons (Fsp3) is 0.640. The van der Waals surface area contributed by atoms with Crippen molar-refractivity contribution in [3.8, 4) is 0 Å². The average Bonchev–Trinajstić information content (AvgIpc) is 3.05. The first kappa shape index (κ1) is 22.8. The summed E-state index contributed by atoms with van der Waals surface area (Å²) in [4.78, 5) is 45.0. The van der Waals surface area contributed by atoms with E-state index in [2.05, 4.69) is 24.1 Å². The second-order valence-corrected chi connectivity index (χ2v) is 9.52. The van der Waals surface area contributed by atoms with E-state index in [4.69, 9.17) is 0 Å². The topological polar surface area (TPSA) is 73.0 Å². The van der Waals surface area contributed by atoms with Crippen LogP contribution in [-0.2, 0) is 9.59 Å². The van der Waals surface area contributed by atoms with Crippen LogP contribution < -0.4 is 10.2 Å². The highest BCUT2D eigenvalue weighted by Gasteiger charge is 2.53. The van der Waals surface area contributed by atoms with E-state index in [1.165, 1.54) is 0 Å². The Labute approximate surface area is 191 Å². The van der Waals surface area contributed by atoms with Crippen molar-refractivity contribution in [3.05, 3.63) is 30.3 Å². The number of carbonyl (C=O) groups is 3. The molecule has 1 spiro atoms. The fourth-order valence-electron chi connectivity index (χ4n) is 5.59. The van der Waals surface area contributed by atoms with Crippen LogP contribution in [0.2, 0.25) is 0 Å². The summed E-state index contributed by atoms with van der Waals surface area (Å²) in [6, 6.07) is 9.29. The Morgan fingerprint density at radius 1 is 1.06 bits per heavy atom. The molecule has 0 unspecified atom stereocenters. The third-order valence-electron chi connectivity index (χ3n) is 7.75. The minimum Gasteiger partial charge on any atom is -0.323 e. The quantitative estimate of drug-likeness (QED) is 0.688.